The lowest BCUT2D eigenvalue weighted by molar-refractivity contribution is -0.134. The molecule has 0 radical (unpaired) electrons. The molecule has 2 N–H and O–H groups in total. The molecule has 1 saturated heterocycles. The summed E-state index contributed by atoms with van der Waals surface area (Å²) in [5.74, 6) is 1.17. The molecule has 2 rings (SSSR count). The van der Waals surface area contributed by atoms with Crippen LogP contribution in [0.15, 0.2) is 0 Å². The third kappa shape index (κ3) is 4.77. The molecule has 1 aliphatic carbocycles. The summed E-state index contributed by atoms with van der Waals surface area (Å²) in [5, 5.41) is 0. The van der Waals surface area contributed by atoms with Gasteiger partial charge in [0.2, 0.25) is 5.91 Å². The number of piperidine rings is 1. The summed E-state index contributed by atoms with van der Waals surface area (Å²) in [5.41, 5.74) is 5.43. The van der Waals surface area contributed by atoms with Gasteiger partial charge in [-0.25, -0.2) is 0 Å². The molecule has 0 atom stereocenters. The summed E-state index contributed by atoms with van der Waals surface area (Å²) in [6.45, 7) is 2.94. The number of carbonyl (C=O) groups excluding carboxylic acids is 1. The van der Waals surface area contributed by atoms with Crippen molar-refractivity contribution in [1.29, 1.82) is 0 Å². The summed E-state index contributed by atoms with van der Waals surface area (Å²) in [4.78, 5) is 14.2. The van der Waals surface area contributed by atoms with Crippen LogP contribution in [0.2, 0.25) is 0 Å². The number of ether oxygens (including phenoxy) is 1. The highest BCUT2D eigenvalue weighted by atomic mass is 16.5. The highest BCUT2D eigenvalue weighted by Crippen LogP contribution is 2.29. The fourth-order valence-corrected chi connectivity index (χ4v) is 3.29. The van der Waals surface area contributed by atoms with Crippen molar-refractivity contribution < 1.29 is 9.53 Å². The quantitative estimate of drug-likeness (QED) is 0.800. The van der Waals surface area contributed by atoms with Crippen LogP contribution in [-0.2, 0) is 9.53 Å². The van der Waals surface area contributed by atoms with Crippen molar-refractivity contribution in [2.75, 3.05) is 26.2 Å². The SMILES string of the molecule is NCCOC1CCN(C(=O)CCC2CCCC2)CC1. The predicted molar refractivity (Wildman–Crippen MR) is 75.8 cm³/mol. The van der Waals surface area contributed by atoms with Crippen molar-refractivity contribution in [1.82, 2.24) is 4.90 Å². The normalized spacial score (nSPS) is 22.1. The lowest BCUT2D eigenvalue weighted by Crippen LogP contribution is -2.41. The van der Waals surface area contributed by atoms with E-state index in [4.69, 9.17) is 10.5 Å². The van der Waals surface area contributed by atoms with E-state index in [-0.39, 0.29) is 0 Å². The first kappa shape index (κ1) is 14.8. The van der Waals surface area contributed by atoms with Gasteiger partial charge < -0.3 is 15.4 Å². The highest BCUT2D eigenvalue weighted by Gasteiger charge is 2.24. The van der Waals surface area contributed by atoms with Gasteiger partial charge in [0.25, 0.3) is 0 Å². The van der Waals surface area contributed by atoms with Crippen LogP contribution in [0.5, 0.6) is 0 Å². The van der Waals surface area contributed by atoms with Gasteiger partial charge in [0, 0.05) is 26.1 Å². The number of likely N-dealkylation sites (tertiary alicyclic amines) is 1. The average Bonchev–Trinajstić information content (AvgIpc) is 2.96. The maximum atomic E-state index is 12.1. The van der Waals surface area contributed by atoms with Gasteiger partial charge in [-0.15, -0.1) is 0 Å². The van der Waals surface area contributed by atoms with Crippen LogP contribution in [0.3, 0.4) is 0 Å². The Morgan fingerprint density at radius 3 is 2.47 bits per heavy atom. The molecular weight excluding hydrogens is 240 g/mol. The lowest BCUT2D eigenvalue weighted by atomic mass is 10.0. The van der Waals surface area contributed by atoms with Gasteiger partial charge in [-0.3, -0.25) is 4.79 Å². The molecule has 4 nitrogen and oxygen atoms in total. The number of carbonyl (C=O) groups is 1. The largest absolute Gasteiger partial charge is 0.377 e. The molecule has 0 aromatic carbocycles. The van der Waals surface area contributed by atoms with Crippen LogP contribution in [0, 0.1) is 5.92 Å². The van der Waals surface area contributed by atoms with Crippen LogP contribution in [-0.4, -0.2) is 43.2 Å². The van der Waals surface area contributed by atoms with Gasteiger partial charge in [-0.05, 0) is 25.2 Å². The van der Waals surface area contributed by atoms with Gasteiger partial charge in [-0.2, -0.15) is 0 Å². The molecule has 0 aromatic rings. The fraction of sp³-hybridized carbons (Fsp3) is 0.933. The number of rotatable bonds is 6. The maximum absolute atomic E-state index is 12.1. The van der Waals surface area contributed by atoms with E-state index in [1.54, 1.807) is 0 Å². The van der Waals surface area contributed by atoms with Gasteiger partial charge in [-0.1, -0.05) is 25.7 Å². The number of nitrogens with two attached hydrogens (primary N) is 1. The first-order valence-corrected chi connectivity index (χ1v) is 7.89. The molecule has 1 amide bonds. The number of hydrogen-bond acceptors (Lipinski definition) is 3. The molecule has 0 aromatic heterocycles. The Morgan fingerprint density at radius 1 is 1.16 bits per heavy atom. The second-order valence-corrected chi connectivity index (χ2v) is 5.93. The lowest BCUT2D eigenvalue weighted by Gasteiger charge is -2.32. The summed E-state index contributed by atoms with van der Waals surface area (Å²) >= 11 is 0. The smallest absolute Gasteiger partial charge is 0.222 e. The highest BCUT2D eigenvalue weighted by molar-refractivity contribution is 5.76. The van der Waals surface area contributed by atoms with Crippen molar-refractivity contribution in [2.24, 2.45) is 11.7 Å². The minimum Gasteiger partial charge on any atom is -0.377 e. The second kappa shape index (κ2) is 7.85. The predicted octanol–water partition coefficient (Wildman–Crippen LogP) is 1.92. The molecular formula is C15H28N2O2. The van der Waals surface area contributed by atoms with Gasteiger partial charge >= 0.3 is 0 Å². The maximum Gasteiger partial charge on any atom is 0.222 e. The van der Waals surface area contributed by atoms with Crippen LogP contribution in [0.4, 0.5) is 0 Å². The first-order valence-electron chi connectivity index (χ1n) is 7.89. The van der Waals surface area contributed by atoms with E-state index in [2.05, 4.69) is 0 Å². The molecule has 110 valence electrons. The Labute approximate surface area is 116 Å². The van der Waals surface area contributed by atoms with E-state index in [1.807, 2.05) is 4.90 Å². The van der Waals surface area contributed by atoms with E-state index in [0.29, 0.717) is 25.2 Å². The topological polar surface area (TPSA) is 55.6 Å². The van der Waals surface area contributed by atoms with Crippen LogP contribution < -0.4 is 5.73 Å². The van der Waals surface area contributed by atoms with Gasteiger partial charge in [0.15, 0.2) is 0 Å². The fourth-order valence-electron chi connectivity index (χ4n) is 3.29. The van der Waals surface area contributed by atoms with Gasteiger partial charge in [0.1, 0.15) is 0 Å². The van der Waals surface area contributed by atoms with Crippen LogP contribution in [0.1, 0.15) is 51.4 Å². The zero-order valence-corrected chi connectivity index (χ0v) is 12.0. The Balaban J connectivity index is 1.61. The standard InChI is InChI=1S/C15H28N2O2/c16-9-12-19-14-7-10-17(11-8-14)15(18)6-5-13-3-1-2-4-13/h13-14H,1-12,16H2. The Kier molecular flexibility index (Phi) is 6.11. The molecule has 1 aliphatic heterocycles. The van der Waals surface area contributed by atoms with Crippen molar-refractivity contribution in [3.8, 4) is 0 Å². The number of amides is 1. The first-order chi connectivity index (χ1) is 9.29. The minimum atomic E-state index is 0.308. The third-order valence-corrected chi connectivity index (χ3v) is 4.51. The van der Waals surface area contributed by atoms with E-state index < -0.39 is 0 Å². The van der Waals surface area contributed by atoms with E-state index in [1.165, 1.54) is 25.7 Å². The van der Waals surface area contributed by atoms with Crippen molar-refractivity contribution in [3.63, 3.8) is 0 Å². The van der Waals surface area contributed by atoms with E-state index >= 15 is 0 Å². The molecule has 19 heavy (non-hydrogen) atoms. The third-order valence-electron chi connectivity index (χ3n) is 4.51. The molecule has 1 heterocycles. The molecule has 2 aliphatic rings. The van der Waals surface area contributed by atoms with Crippen molar-refractivity contribution in [2.45, 2.75) is 57.5 Å². The summed E-state index contributed by atoms with van der Waals surface area (Å²) in [6.07, 6.45) is 9.49. The Hall–Kier alpha value is -0.610. The number of hydrogen-bond donors (Lipinski definition) is 1. The molecule has 0 unspecified atom stereocenters. The summed E-state index contributed by atoms with van der Waals surface area (Å²) in [7, 11) is 0. The van der Waals surface area contributed by atoms with Crippen molar-refractivity contribution >= 4 is 5.91 Å². The second-order valence-electron chi connectivity index (χ2n) is 5.93. The Morgan fingerprint density at radius 2 is 1.84 bits per heavy atom. The molecule has 4 heteroatoms. The minimum absolute atomic E-state index is 0.308. The summed E-state index contributed by atoms with van der Waals surface area (Å²) in [6, 6.07) is 0. The van der Waals surface area contributed by atoms with Gasteiger partial charge in [0.05, 0.1) is 12.7 Å². The molecule has 0 spiro atoms. The van der Waals surface area contributed by atoms with E-state index in [0.717, 1.165) is 44.7 Å². The molecule has 1 saturated carbocycles. The average molecular weight is 268 g/mol. The zero-order chi connectivity index (χ0) is 13.5. The monoisotopic (exact) mass is 268 g/mol. The Bertz CT molecular complexity index is 269. The van der Waals surface area contributed by atoms with Crippen LogP contribution >= 0.6 is 0 Å². The number of nitrogens with zero attached hydrogens (tertiary/aromatic N) is 1. The molecule has 2 fully saturated rings. The zero-order valence-electron chi connectivity index (χ0n) is 12.0. The van der Waals surface area contributed by atoms with E-state index in [9.17, 15) is 4.79 Å². The molecule has 0 bridgehead atoms. The van der Waals surface area contributed by atoms with Crippen LogP contribution in [0.25, 0.3) is 0 Å². The van der Waals surface area contributed by atoms with Crippen molar-refractivity contribution in [3.05, 3.63) is 0 Å². The summed E-state index contributed by atoms with van der Waals surface area (Å²) < 4.78 is 5.64.